The van der Waals surface area contributed by atoms with Gasteiger partial charge in [-0.05, 0) is 60.1 Å². The monoisotopic (exact) mass is 397 g/mol. The zero-order chi connectivity index (χ0) is 20.5. The fraction of sp³-hybridized carbons (Fsp3) is 0.500. The van der Waals surface area contributed by atoms with Gasteiger partial charge < -0.3 is 25.0 Å². The number of benzene rings is 2. The topological polar surface area (TPSA) is 73.2 Å². The van der Waals surface area contributed by atoms with E-state index in [4.69, 9.17) is 4.74 Å². The summed E-state index contributed by atoms with van der Waals surface area (Å²) >= 11 is 0. The van der Waals surface area contributed by atoms with Crippen molar-refractivity contribution in [2.45, 2.75) is 57.0 Å². The molecular weight excluding hydrogens is 366 g/mol. The highest BCUT2D eigenvalue weighted by molar-refractivity contribution is 5.56. The number of hydrogen-bond donors (Lipinski definition) is 3. The van der Waals surface area contributed by atoms with Crippen molar-refractivity contribution in [1.82, 2.24) is 0 Å². The molecule has 156 valence electrons. The summed E-state index contributed by atoms with van der Waals surface area (Å²) < 4.78 is 5.87. The third-order valence-electron chi connectivity index (χ3n) is 6.38. The minimum Gasteiger partial charge on any atom is -0.394 e. The Balaban J connectivity index is 1.56. The molecule has 4 atom stereocenters. The molecule has 3 N–H and O–H groups in total. The molecule has 2 aromatic rings. The molecule has 2 aliphatic rings. The smallest absolute Gasteiger partial charge is 0.110 e. The second kappa shape index (κ2) is 8.44. The van der Waals surface area contributed by atoms with Crippen LogP contribution in [0.4, 0.5) is 5.69 Å². The first-order valence-electron chi connectivity index (χ1n) is 10.5. The molecule has 4 rings (SSSR count). The third-order valence-corrected chi connectivity index (χ3v) is 6.38. The summed E-state index contributed by atoms with van der Waals surface area (Å²) in [6.45, 7) is 2.92. The Morgan fingerprint density at radius 2 is 1.97 bits per heavy atom. The zero-order valence-electron chi connectivity index (χ0n) is 17.2. The van der Waals surface area contributed by atoms with Crippen molar-refractivity contribution in [2.75, 3.05) is 25.1 Å². The lowest BCUT2D eigenvalue weighted by Gasteiger charge is -2.36. The minimum atomic E-state index is -1.05. The van der Waals surface area contributed by atoms with Crippen molar-refractivity contribution >= 4 is 5.69 Å². The number of fused-ring (bicyclic) bond motifs is 1. The van der Waals surface area contributed by atoms with Crippen LogP contribution in [0.25, 0.3) is 0 Å². The van der Waals surface area contributed by atoms with E-state index in [1.807, 2.05) is 6.07 Å². The van der Waals surface area contributed by atoms with Gasteiger partial charge in [-0.25, -0.2) is 0 Å². The van der Waals surface area contributed by atoms with Gasteiger partial charge in [0.1, 0.15) is 12.2 Å². The highest BCUT2D eigenvalue weighted by atomic mass is 16.5. The average molecular weight is 398 g/mol. The summed E-state index contributed by atoms with van der Waals surface area (Å²) in [6, 6.07) is 13.0. The van der Waals surface area contributed by atoms with E-state index >= 15 is 0 Å². The molecule has 1 fully saturated rings. The zero-order valence-corrected chi connectivity index (χ0v) is 17.2. The van der Waals surface area contributed by atoms with Crippen LogP contribution in [0, 0.1) is 6.92 Å². The Hall–Kier alpha value is -1.92. The molecule has 5 heteroatoms. The van der Waals surface area contributed by atoms with Crippen LogP contribution >= 0.6 is 0 Å². The quantitative estimate of drug-likeness (QED) is 0.739. The third kappa shape index (κ3) is 4.19. The Morgan fingerprint density at radius 1 is 1.14 bits per heavy atom. The maximum absolute atomic E-state index is 10.2. The fourth-order valence-corrected chi connectivity index (χ4v) is 4.57. The van der Waals surface area contributed by atoms with Crippen LogP contribution in [-0.2, 0) is 17.6 Å². The summed E-state index contributed by atoms with van der Waals surface area (Å²) in [7, 11) is 2.15. The summed E-state index contributed by atoms with van der Waals surface area (Å²) in [4.78, 5) is 2.33. The fourth-order valence-electron chi connectivity index (χ4n) is 4.57. The molecule has 0 spiro atoms. The Labute approximate surface area is 172 Å². The van der Waals surface area contributed by atoms with Gasteiger partial charge in [0, 0.05) is 25.7 Å². The molecule has 0 bridgehead atoms. The molecule has 0 aromatic heterocycles. The van der Waals surface area contributed by atoms with Crippen molar-refractivity contribution in [3.63, 3.8) is 0 Å². The number of aryl methyl sites for hydroxylation is 2. The first-order chi connectivity index (χ1) is 14.0. The molecule has 29 heavy (non-hydrogen) atoms. The first kappa shape index (κ1) is 20.4. The molecule has 4 unspecified atom stereocenters. The second-order valence-electron chi connectivity index (χ2n) is 8.49. The molecule has 0 amide bonds. The van der Waals surface area contributed by atoms with Crippen LogP contribution in [0.15, 0.2) is 36.4 Å². The van der Waals surface area contributed by atoms with E-state index in [0.717, 1.165) is 24.9 Å². The lowest BCUT2D eigenvalue weighted by Crippen LogP contribution is -2.47. The lowest BCUT2D eigenvalue weighted by molar-refractivity contribution is -0.181. The van der Waals surface area contributed by atoms with Gasteiger partial charge in [0.15, 0.2) is 0 Å². The highest BCUT2D eigenvalue weighted by Gasteiger charge is 2.37. The van der Waals surface area contributed by atoms with E-state index in [-0.39, 0.29) is 12.7 Å². The van der Waals surface area contributed by atoms with Gasteiger partial charge in [-0.1, -0.05) is 30.3 Å². The number of aliphatic hydroxyl groups is 3. The molecule has 2 aliphatic heterocycles. The van der Waals surface area contributed by atoms with E-state index in [2.05, 4.69) is 49.2 Å². The number of aliphatic hydroxyl groups excluding tert-OH is 3. The van der Waals surface area contributed by atoms with Crippen LogP contribution in [0.5, 0.6) is 0 Å². The number of rotatable bonds is 4. The minimum absolute atomic E-state index is 0.309. The maximum Gasteiger partial charge on any atom is 0.110 e. The largest absolute Gasteiger partial charge is 0.394 e. The SMILES string of the molecule is Cc1ccc(C2CC(O)C(O)C(CO)O2)cc1Cc1ccc2c(c1)CCCN2C. The standard InChI is InChI=1S/C24H31NO4/c1-15-5-7-18(22-13-21(27)24(28)23(14-26)29-22)12-19(15)11-16-6-8-20-17(10-16)4-3-9-25(20)2/h5-8,10,12,21-24,26-28H,3-4,9,11,13-14H2,1-2H3. The van der Waals surface area contributed by atoms with Crippen LogP contribution in [0.2, 0.25) is 0 Å². The van der Waals surface area contributed by atoms with Crippen LogP contribution in [-0.4, -0.2) is 53.8 Å². The van der Waals surface area contributed by atoms with Crippen molar-refractivity contribution in [3.8, 4) is 0 Å². The summed E-state index contributed by atoms with van der Waals surface area (Å²) in [6.07, 6.45) is 0.464. The Bertz CT molecular complexity index is 868. The highest BCUT2D eigenvalue weighted by Crippen LogP contribution is 2.33. The molecule has 0 saturated carbocycles. The molecule has 1 saturated heterocycles. The van der Waals surface area contributed by atoms with Crippen molar-refractivity contribution in [1.29, 1.82) is 0 Å². The summed E-state index contributed by atoms with van der Waals surface area (Å²) in [5, 5.41) is 29.6. The van der Waals surface area contributed by atoms with E-state index in [9.17, 15) is 15.3 Å². The van der Waals surface area contributed by atoms with Gasteiger partial charge >= 0.3 is 0 Å². The van der Waals surface area contributed by atoms with Gasteiger partial charge in [0.2, 0.25) is 0 Å². The van der Waals surface area contributed by atoms with E-state index in [1.54, 1.807) is 0 Å². The molecule has 5 nitrogen and oxygen atoms in total. The maximum atomic E-state index is 10.2. The van der Waals surface area contributed by atoms with Crippen molar-refractivity contribution in [2.24, 2.45) is 0 Å². The molecule has 0 radical (unpaired) electrons. The molecule has 0 aliphatic carbocycles. The van der Waals surface area contributed by atoms with Crippen LogP contribution in [0.3, 0.4) is 0 Å². The van der Waals surface area contributed by atoms with Gasteiger partial charge in [-0.15, -0.1) is 0 Å². The van der Waals surface area contributed by atoms with Gasteiger partial charge in [0.25, 0.3) is 0 Å². The Morgan fingerprint density at radius 3 is 2.76 bits per heavy atom. The van der Waals surface area contributed by atoms with Gasteiger partial charge in [-0.2, -0.15) is 0 Å². The predicted octanol–water partition coefficient (Wildman–Crippen LogP) is 2.51. The van der Waals surface area contributed by atoms with E-state index in [0.29, 0.717) is 6.42 Å². The van der Waals surface area contributed by atoms with Gasteiger partial charge in [0.05, 0.1) is 18.8 Å². The summed E-state index contributed by atoms with van der Waals surface area (Å²) in [5.41, 5.74) is 7.49. The molecule has 2 heterocycles. The van der Waals surface area contributed by atoms with Crippen LogP contribution in [0.1, 0.15) is 46.8 Å². The van der Waals surface area contributed by atoms with Gasteiger partial charge in [-0.3, -0.25) is 0 Å². The number of ether oxygens (including phenoxy) is 1. The predicted molar refractivity (Wildman–Crippen MR) is 113 cm³/mol. The summed E-state index contributed by atoms with van der Waals surface area (Å²) in [5.74, 6) is 0. The number of hydrogen-bond acceptors (Lipinski definition) is 5. The number of nitrogens with zero attached hydrogens (tertiary/aromatic N) is 1. The first-order valence-corrected chi connectivity index (χ1v) is 10.5. The second-order valence-corrected chi connectivity index (χ2v) is 8.49. The number of anilines is 1. The Kier molecular flexibility index (Phi) is 5.93. The normalized spacial score (nSPS) is 27.0. The van der Waals surface area contributed by atoms with Crippen molar-refractivity contribution in [3.05, 3.63) is 64.2 Å². The lowest BCUT2D eigenvalue weighted by atomic mass is 9.90. The van der Waals surface area contributed by atoms with Crippen molar-refractivity contribution < 1.29 is 20.1 Å². The molecular formula is C24H31NO4. The average Bonchev–Trinajstić information content (AvgIpc) is 2.71. The van der Waals surface area contributed by atoms with E-state index < -0.39 is 18.3 Å². The van der Waals surface area contributed by atoms with E-state index in [1.165, 1.54) is 34.4 Å². The van der Waals surface area contributed by atoms with Crippen LogP contribution < -0.4 is 4.90 Å². The molecule has 2 aromatic carbocycles.